The number of sulfonamides is 1. The van der Waals surface area contributed by atoms with Gasteiger partial charge in [0.1, 0.15) is 0 Å². The predicted molar refractivity (Wildman–Crippen MR) is 130 cm³/mol. The van der Waals surface area contributed by atoms with E-state index in [1.165, 1.54) is 29.6 Å². The van der Waals surface area contributed by atoms with E-state index in [0.29, 0.717) is 5.69 Å². The van der Waals surface area contributed by atoms with Gasteiger partial charge in [0.15, 0.2) is 0 Å². The lowest BCUT2D eigenvalue weighted by Crippen LogP contribution is -2.33. The molecule has 168 valence electrons. The first kappa shape index (κ1) is 24.3. The summed E-state index contributed by atoms with van der Waals surface area (Å²) in [6.45, 7) is 3.56. The molecule has 0 saturated heterocycles. The maximum Gasteiger partial charge on any atom is 0.257 e. The van der Waals surface area contributed by atoms with Crippen LogP contribution in [0.1, 0.15) is 29.8 Å². The van der Waals surface area contributed by atoms with Crippen molar-refractivity contribution < 1.29 is 13.2 Å². The first-order chi connectivity index (χ1) is 15.2. The summed E-state index contributed by atoms with van der Waals surface area (Å²) >= 11 is 7.86. The number of amides is 1. The minimum absolute atomic E-state index is 0.0189. The number of benzene rings is 2. The fourth-order valence-corrected chi connectivity index (χ4v) is 5.20. The summed E-state index contributed by atoms with van der Waals surface area (Å²) in [7, 11) is -2.23. The molecule has 6 nitrogen and oxygen atoms in total. The van der Waals surface area contributed by atoms with E-state index in [9.17, 15) is 13.2 Å². The Labute approximate surface area is 198 Å². The van der Waals surface area contributed by atoms with Gasteiger partial charge >= 0.3 is 0 Å². The van der Waals surface area contributed by atoms with E-state index in [1.807, 2.05) is 30.5 Å². The molecule has 2 aromatic carbocycles. The topological polar surface area (TPSA) is 79.4 Å². The molecule has 0 unspecified atom stereocenters. The Morgan fingerprint density at radius 3 is 2.50 bits per heavy atom. The maximum atomic E-state index is 12.8. The maximum absolute atomic E-state index is 12.8. The molecule has 1 heterocycles. The van der Waals surface area contributed by atoms with Crippen LogP contribution in [0.15, 0.2) is 76.8 Å². The predicted octanol–water partition coefficient (Wildman–Crippen LogP) is 5.31. The second kappa shape index (κ2) is 10.5. The zero-order valence-corrected chi connectivity index (χ0v) is 20.3. The Hall–Kier alpha value is -2.39. The van der Waals surface area contributed by atoms with Crippen LogP contribution < -0.4 is 5.32 Å². The number of pyridine rings is 1. The van der Waals surface area contributed by atoms with E-state index in [4.69, 9.17) is 11.6 Å². The third-order valence-corrected chi connectivity index (χ3v) is 8.27. The van der Waals surface area contributed by atoms with Gasteiger partial charge in [0.25, 0.3) is 5.91 Å². The lowest BCUT2D eigenvalue weighted by Gasteiger charge is -2.21. The van der Waals surface area contributed by atoms with Gasteiger partial charge in [0.05, 0.1) is 15.5 Å². The van der Waals surface area contributed by atoms with Gasteiger partial charge in [-0.1, -0.05) is 17.7 Å². The van der Waals surface area contributed by atoms with Crippen molar-refractivity contribution in [3.63, 3.8) is 0 Å². The molecule has 0 bridgehead atoms. The number of anilines is 1. The van der Waals surface area contributed by atoms with Crippen LogP contribution in [0.2, 0.25) is 5.02 Å². The molecule has 1 N–H and O–H groups in total. The lowest BCUT2D eigenvalue weighted by atomic mass is 10.2. The van der Waals surface area contributed by atoms with Gasteiger partial charge < -0.3 is 5.32 Å². The molecule has 32 heavy (non-hydrogen) atoms. The highest BCUT2D eigenvalue weighted by Gasteiger charge is 2.25. The molecule has 0 saturated carbocycles. The summed E-state index contributed by atoms with van der Waals surface area (Å²) in [6.07, 6.45) is 3.57. The van der Waals surface area contributed by atoms with Crippen molar-refractivity contribution >= 4 is 45.0 Å². The molecule has 1 amide bonds. The molecule has 0 spiro atoms. The first-order valence-electron chi connectivity index (χ1n) is 9.89. The summed E-state index contributed by atoms with van der Waals surface area (Å²) < 4.78 is 26.8. The van der Waals surface area contributed by atoms with Crippen LogP contribution in [-0.4, -0.2) is 36.7 Å². The minimum atomic E-state index is -3.73. The molecule has 3 aromatic rings. The summed E-state index contributed by atoms with van der Waals surface area (Å²) in [5, 5.41) is 2.96. The van der Waals surface area contributed by atoms with Crippen LogP contribution in [0.25, 0.3) is 0 Å². The van der Waals surface area contributed by atoms with Crippen molar-refractivity contribution in [3.8, 4) is 0 Å². The number of nitrogens with one attached hydrogen (secondary N) is 1. The fraction of sp³-hybridized carbons (Fsp3) is 0.217. The van der Waals surface area contributed by atoms with Crippen LogP contribution in [-0.2, 0) is 15.8 Å². The molecule has 1 aromatic heterocycles. The largest absolute Gasteiger partial charge is 0.322 e. The van der Waals surface area contributed by atoms with Crippen molar-refractivity contribution in [2.45, 2.75) is 35.4 Å². The molecule has 0 fully saturated rings. The van der Waals surface area contributed by atoms with Gasteiger partial charge in [-0.2, -0.15) is 4.31 Å². The molecule has 0 radical (unpaired) electrons. The molecule has 9 heteroatoms. The molecular formula is C23H24ClN3O3S2. The van der Waals surface area contributed by atoms with Crippen molar-refractivity contribution in [1.82, 2.24) is 9.29 Å². The van der Waals surface area contributed by atoms with Crippen LogP contribution in [0.3, 0.4) is 0 Å². The standard InChI is InChI=1S/C23H24ClN3O3S2/c1-16(2)27(3)32(29,30)20-10-11-22(24)21(13-20)23(28)26-18-6-8-19(9-7-18)31-15-17-5-4-12-25-14-17/h4-14,16H,15H2,1-3H3,(H,26,28). The Balaban J connectivity index is 1.71. The van der Waals surface area contributed by atoms with Gasteiger partial charge in [-0.3, -0.25) is 9.78 Å². The summed E-state index contributed by atoms with van der Waals surface area (Å²) in [6, 6.07) is 15.3. The average molecular weight is 490 g/mol. The van der Waals surface area contributed by atoms with E-state index in [1.54, 1.807) is 43.9 Å². The normalized spacial score (nSPS) is 11.7. The number of hydrogen-bond donors (Lipinski definition) is 1. The molecule has 0 aliphatic carbocycles. The van der Waals surface area contributed by atoms with Crippen LogP contribution in [0.5, 0.6) is 0 Å². The average Bonchev–Trinajstić information content (AvgIpc) is 2.78. The number of carbonyl (C=O) groups is 1. The van der Waals surface area contributed by atoms with Crippen LogP contribution >= 0.6 is 23.4 Å². The summed E-state index contributed by atoms with van der Waals surface area (Å²) in [5.74, 6) is 0.316. The Bertz CT molecular complexity index is 1180. The summed E-state index contributed by atoms with van der Waals surface area (Å²) in [5.41, 5.74) is 1.81. The number of hydrogen-bond acceptors (Lipinski definition) is 5. The van der Waals surface area contributed by atoms with Gasteiger partial charge in [0.2, 0.25) is 10.0 Å². The number of thioether (sulfide) groups is 1. The first-order valence-corrected chi connectivity index (χ1v) is 12.7. The van der Waals surface area contributed by atoms with Gasteiger partial charge in [0, 0.05) is 41.8 Å². The Morgan fingerprint density at radius 2 is 1.88 bits per heavy atom. The highest BCUT2D eigenvalue weighted by molar-refractivity contribution is 7.98. The smallest absolute Gasteiger partial charge is 0.257 e. The quantitative estimate of drug-likeness (QED) is 0.434. The van der Waals surface area contributed by atoms with E-state index in [0.717, 1.165) is 16.2 Å². The molecular weight excluding hydrogens is 466 g/mol. The van der Waals surface area contributed by atoms with Gasteiger partial charge in [-0.15, -0.1) is 11.8 Å². The number of nitrogens with zero attached hydrogens (tertiary/aromatic N) is 2. The molecule has 0 aliphatic heterocycles. The van der Waals surface area contributed by atoms with E-state index in [-0.39, 0.29) is 21.5 Å². The van der Waals surface area contributed by atoms with E-state index in [2.05, 4.69) is 10.3 Å². The molecule has 3 rings (SSSR count). The SMILES string of the molecule is CC(C)N(C)S(=O)(=O)c1ccc(Cl)c(C(=O)Nc2ccc(SCc3cccnc3)cc2)c1. The second-order valence-corrected chi connectivity index (χ2v) is 10.8. The number of rotatable bonds is 8. The van der Waals surface area contributed by atoms with Crippen molar-refractivity contribution in [2.75, 3.05) is 12.4 Å². The minimum Gasteiger partial charge on any atom is -0.322 e. The van der Waals surface area contributed by atoms with Crippen LogP contribution in [0, 0.1) is 0 Å². The van der Waals surface area contributed by atoms with Gasteiger partial charge in [-0.25, -0.2) is 8.42 Å². The lowest BCUT2D eigenvalue weighted by molar-refractivity contribution is 0.102. The summed E-state index contributed by atoms with van der Waals surface area (Å²) in [4.78, 5) is 18.0. The number of aromatic nitrogens is 1. The monoisotopic (exact) mass is 489 g/mol. The van der Waals surface area contributed by atoms with Crippen molar-refractivity contribution in [1.29, 1.82) is 0 Å². The third-order valence-electron chi connectivity index (χ3n) is 4.83. The van der Waals surface area contributed by atoms with E-state index < -0.39 is 15.9 Å². The molecule has 0 atom stereocenters. The highest BCUT2D eigenvalue weighted by Crippen LogP contribution is 2.26. The zero-order chi connectivity index (χ0) is 23.3. The fourth-order valence-electron chi connectivity index (χ4n) is 2.77. The Morgan fingerprint density at radius 1 is 1.16 bits per heavy atom. The highest BCUT2D eigenvalue weighted by atomic mass is 35.5. The van der Waals surface area contributed by atoms with Gasteiger partial charge in [-0.05, 0) is 67.9 Å². The van der Waals surface area contributed by atoms with Crippen molar-refractivity contribution in [2.24, 2.45) is 0 Å². The molecule has 0 aliphatic rings. The second-order valence-electron chi connectivity index (χ2n) is 7.39. The van der Waals surface area contributed by atoms with E-state index >= 15 is 0 Å². The zero-order valence-electron chi connectivity index (χ0n) is 17.9. The number of carbonyl (C=O) groups excluding carboxylic acids is 1. The Kier molecular flexibility index (Phi) is 7.95. The van der Waals surface area contributed by atoms with Crippen molar-refractivity contribution in [3.05, 3.63) is 83.1 Å². The number of halogens is 1. The third kappa shape index (κ3) is 5.89. The van der Waals surface area contributed by atoms with Crippen LogP contribution in [0.4, 0.5) is 5.69 Å².